The fourth-order valence-electron chi connectivity index (χ4n) is 3.63. The van der Waals surface area contributed by atoms with E-state index in [9.17, 15) is 4.79 Å². The van der Waals surface area contributed by atoms with Gasteiger partial charge < -0.3 is 9.84 Å². The Morgan fingerprint density at radius 1 is 1.31 bits per heavy atom. The first-order valence-electron chi connectivity index (χ1n) is 9.09. The highest BCUT2D eigenvalue weighted by atomic mass is 16.5. The molecule has 4 rings (SSSR count). The van der Waals surface area contributed by atoms with E-state index in [2.05, 4.69) is 22.4 Å². The van der Waals surface area contributed by atoms with Gasteiger partial charge in [-0.1, -0.05) is 30.3 Å². The molecule has 1 atom stereocenters. The number of para-hydroxylation sites is 1. The number of amides is 1. The molecular formula is C20H22N4O2. The van der Waals surface area contributed by atoms with Crippen LogP contribution in [-0.4, -0.2) is 27.6 Å². The highest BCUT2D eigenvalue weighted by molar-refractivity contribution is 6.07. The van der Waals surface area contributed by atoms with Crippen LogP contribution in [0.1, 0.15) is 46.7 Å². The van der Waals surface area contributed by atoms with Gasteiger partial charge >= 0.3 is 0 Å². The topological polar surface area (TPSA) is 80.9 Å². The van der Waals surface area contributed by atoms with Crippen LogP contribution in [0.15, 0.2) is 28.8 Å². The molecule has 0 aliphatic heterocycles. The lowest BCUT2D eigenvalue weighted by Gasteiger charge is -2.24. The number of fused-ring (bicyclic) bond motifs is 2. The fraction of sp³-hybridized carbons (Fsp3) is 0.400. The summed E-state index contributed by atoms with van der Waals surface area (Å²) in [4.78, 5) is 22.0. The third-order valence-corrected chi connectivity index (χ3v) is 4.93. The third-order valence-electron chi connectivity index (χ3n) is 4.93. The van der Waals surface area contributed by atoms with Crippen molar-refractivity contribution in [1.29, 1.82) is 0 Å². The summed E-state index contributed by atoms with van der Waals surface area (Å²) >= 11 is 0. The molecule has 6 nitrogen and oxygen atoms in total. The Hall–Kier alpha value is -2.76. The Balaban J connectivity index is 1.63. The Morgan fingerprint density at radius 3 is 2.96 bits per heavy atom. The zero-order valence-corrected chi connectivity index (χ0v) is 15.1. The maximum absolute atomic E-state index is 13.0. The van der Waals surface area contributed by atoms with Crippen molar-refractivity contribution in [2.24, 2.45) is 5.92 Å². The van der Waals surface area contributed by atoms with Crippen molar-refractivity contribution in [3.05, 3.63) is 52.8 Å². The Morgan fingerprint density at radius 2 is 2.15 bits per heavy atom. The molecule has 0 fully saturated rings. The van der Waals surface area contributed by atoms with Gasteiger partial charge in [0.05, 0.1) is 11.1 Å². The molecule has 2 aromatic heterocycles. The van der Waals surface area contributed by atoms with Crippen LogP contribution in [0.5, 0.6) is 0 Å². The molecule has 1 aromatic carbocycles. The van der Waals surface area contributed by atoms with E-state index >= 15 is 0 Å². The molecule has 1 N–H and O–H groups in total. The average Bonchev–Trinajstić information content (AvgIpc) is 3.05. The van der Waals surface area contributed by atoms with Gasteiger partial charge in [0, 0.05) is 24.0 Å². The van der Waals surface area contributed by atoms with Gasteiger partial charge in [-0.15, -0.1) is 0 Å². The lowest BCUT2D eigenvalue weighted by Crippen LogP contribution is -2.29. The molecule has 1 aliphatic rings. The van der Waals surface area contributed by atoms with Crippen LogP contribution < -0.4 is 5.32 Å². The van der Waals surface area contributed by atoms with Gasteiger partial charge in [0.2, 0.25) is 5.89 Å². The maximum Gasteiger partial charge on any atom is 0.252 e. The minimum atomic E-state index is -0.0508. The van der Waals surface area contributed by atoms with Gasteiger partial charge in [0.15, 0.2) is 5.82 Å². The molecule has 0 radical (unpaired) electrons. The quantitative estimate of drug-likeness (QED) is 0.782. The number of pyridine rings is 1. The number of carbonyl (C=O) groups excluding carboxylic acids is 1. The van der Waals surface area contributed by atoms with Crippen LogP contribution >= 0.6 is 0 Å². The van der Waals surface area contributed by atoms with Crippen molar-refractivity contribution >= 4 is 16.8 Å². The van der Waals surface area contributed by atoms with E-state index in [0.29, 0.717) is 30.6 Å². The van der Waals surface area contributed by atoms with Crippen LogP contribution in [0.25, 0.3) is 10.9 Å². The summed E-state index contributed by atoms with van der Waals surface area (Å²) in [5.41, 5.74) is 3.84. The van der Waals surface area contributed by atoms with Gasteiger partial charge in [-0.2, -0.15) is 4.98 Å². The normalized spacial score (nSPS) is 16.5. The van der Waals surface area contributed by atoms with E-state index in [-0.39, 0.29) is 5.91 Å². The largest absolute Gasteiger partial charge is 0.351 e. The average molecular weight is 350 g/mol. The first-order valence-corrected chi connectivity index (χ1v) is 9.09. The molecule has 26 heavy (non-hydrogen) atoms. The molecular weight excluding hydrogens is 328 g/mol. The van der Waals surface area contributed by atoms with E-state index in [1.807, 2.05) is 24.3 Å². The summed E-state index contributed by atoms with van der Waals surface area (Å²) in [6.45, 7) is 4.47. The van der Waals surface area contributed by atoms with Crippen molar-refractivity contribution in [2.75, 3.05) is 6.54 Å². The molecule has 0 saturated heterocycles. The van der Waals surface area contributed by atoms with Crippen LogP contribution in [0.4, 0.5) is 0 Å². The molecule has 2 heterocycles. The molecule has 134 valence electrons. The first kappa shape index (κ1) is 16.7. The van der Waals surface area contributed by atoms with E-state index in [1.165, 1.54) is 0 Å². The van der Waals surface area contributed by atoms with E-state index in [0.717, 1.165) is 47.0 Å². The fourth-order valence-corrected chi connectivity index (χ4v) is 3.63. The molecule has 0 saturated carbocycles. The van der Waals surface area contributed by atoms with Gasteiger partial charge in [-0.25, -0.2) is 0 Å². The molecule has 1 amide bonds. The monoisotopic (exact) mass is 350 g/mol. The first-order chi connectivity index (χ1) is 12.6. The Kier molecular flexibility index (Phi) is 4.41. The van der Waals surface area contributed by atoms with Crippen molar-refractivity contribution in [3.63, 3.8) is 0 Å². The zero-order valence-electron chi connectivity index (χ0n) is 15.1. The number of rotatable bonds is 4. The maximum atomic E-state index is 13.0. The molecule has 3 aromatic rings. The van der Waals surface area contributed by atoms with Crippen LogP contribution in [-0.2, 0) is 19.3 Å². The van der Waals surface area contributed by atoms with Gasteiger partial charge in [-0.05, 0) is 43.7 Å². The smallest absolute Gasteiger partial charge is 0.252 e. The second kappa shape index (κ2) is 6.86. The summed E-state index contributed by atoms with van der Waals surface area (Å²) in [6, 6.07) is 7.89. The van der Waals surface area contributed by atoms with Crippen molar-refractivity contribution in [1.82, 2.24) is 20.4 Å². The summed E-state index contributed by atoms with van der Waals surface area (Å²) < 4.78 is 5.10. The summed E-state index contributed by atoms with van der Waals surface area (Å²) in [5, 5.41) is 7.71. The minimum absolute atomic E-state index is 0.0508. The summed E-state index contributed by atoms with van der Waals surface area (Å²) in [5.74, 6) is 1.66. The lowest BCUT2D eigenvalue weighted by atomic mass is 9.84. The summed E-state index contributed by atoms with van der Waals surface area (Å²) in [6.07, 6.45) is 3.48. The lowest BCUT2D eigenvalue weighted by molar-refractivity contribution is 0.0953. The van der Waals surface area contributed by atoms with E-state index < -0.39 is 0 Å². The van der Waals surface area contributed by atoms with Gasteiger partial charge in [-0.3, -0.25) is 9.78 Å². The number of nitrogens with one attached hydrogen (secondary N) is 1. The van der Waals surface area contributed by atoms with Crippen LogP contribution in [0.2, 0.25) is 0 Å². The highest BCUT2D eigenvalue weighted by Crippen LogP contribution is 2.31. The highest BCUT2D eigenvalue weighted by Gasteiger charge is 2.25. The number of benzene rings is 1. The second-order valence-electron chi connectivity index (χ2n) is 7.02. The molecule has 1 aliphatic carbocycles. The number of aryl methyl sites for hydroxylation is 2. The predicted octanol–water partition coefficient (Wildman–Crippen LogP) is 3.02. The Labute approximate surface area is 152 Å². The van der Waals surface area contributed by atoms with Crippen molar-refractivity contribution in [2.45, 2.75) is 39.5 Å². The van der Waals surface area contributed by atoms with E-state index in [4.69, 9.17) is 9.51 Å². The zero-order chi connectivity index (χ0) is 18.1. The van der Waals surface area contributed by atoms with Gasteiger partial charge in [0.25, 0.3) is 5.91 Å². The Bertz CT molecular complexity index is 964. The number of aromatic nitrogens is 3. The molecule has 0 unspecified atom stereocenters. The SMILES string of the molecule is Cc1noc(CCNC(=O)c2c3c(nc4ccccc24)CC[C@@H](C)C3)n1. The standard InChI is InChI=1S/C20H22N4O2/c1-12-7-8-17-15(11-12)19(14-5-3-4-6-16(14)23-17)20(25)21-10-9-18-22-13(2)24-26-18/h3-6,12H,7-11H2,1-2H3,(H,21,25)/t12-/m1/s1. The van der Waals surface area contributed by atoms with E-state index in [1.54, 1.807) is 6.92 Å². The van der Waals surface area contributed by atoms with Crippen molar-refractivity contribution in [3.8, 4) is 0 Å². The van der Waals surface area contributed by atoms with Crippen LogP contribution in [0.3, 0.4) is 0 Å². The number of hydrogen-bond donors (Lipinski definition) is 1. The number of nitrogens with zero attached hydrogens (tertiary/aromatic N) is 3. The third kappa shape index (κ3) is 3.19. The van der Waals surface area contributed by atoms with Crippen molar-refractivity contribution < 1.29 is 9.32 Å². The second-order valence-corrected chi connectivity index (χ2v) is 7.02. The molecule has 6 heteroatoms. The van der Waals surface area contributed by atoms with Crippen LogP contribution in [0, 0.1) is 12.8 Å². The molecule has 0 bridgehead atoms. The number of hydrogen-bond acceptors (Lipinski definition) is 5. The number of carbonyl (C=O) groups is 1. The predicted molar refractivity (Wildman–Crippen MR) is 98.0 cm³/mol. The van der Waals surface area contributed by atoms with Gasteiger partial charge in [0.1, 0.15) is 0 Å². The molecule has 0 spiro atoms. The minimum Gasteiger partial charge on any atom is -0.351 e. The summed E-state index contributed by atoms with van der Waals surface area (Å²) in [7, 11) is 0.